The number of sulfone groups is 1. The molecule has 0 fully saturated rings. The van der Waals surface area contributed by atoms with Crippen molar-refractivity contribution in [3.63, 3.8) is 0 Å². The summed E-state index contributed by atoms with van der Waals surface area (Å²) < 4.78 is 36.8. The van der Waals surface area contributed by atoms with Crippen LogP contribution >= 0.6 is 0 Å². The van der Waals surface area contributed by atoms with Crippen molar-refractivity contribution >= 4 is 9.84 Å². The van der Waals surface area contributed by atoms with Crippen molar-refractivity contribution in [3.8, 4) is 6.07 Å². The minimum Gasteiger partial charge on any atom is -0.325 e. The van der Waals surface area contributed by atoms with Crippen LogP contribution in [0.1, 0.15) is 25.0 Å². The number of rotatable bonds is 4. The van der Waals surface area contributed by atoms with E-state index in [0.717, 1.165) is 12.1 Å². The van der Waals surface area contributed by atoms with Gasteiger partial charge in [-0.15, -0.1) is 0 Å². The van der Waals surface area contributed by atoms with Crippen molar-refractivity contribution in [1.82, 2.24) is 0 Å². The molecule has 0 bridgehead atoms. The molecule has 0 unspecified atom stereocenters. The summed E-state index contributed by atoms with van der Waals surface area (Å²) in [6, 6.07) is 5.32. The Labute approximate surface area is 106 Å². The number of benzene rings is 1. The predicted octanol–water partition coefficient (Wildman–Crippen LogP) is 1.35. The van der Waals surface area contributed by atoms with E-state index in [4.69, 9.17) is 11.0 Å². The van der Waals surface area contributed by atoms with Crippen LogP contribution in [0.4, 0.5) is 4.39 Å². The molecule has 0 amide bonds. The Hall–Kier alpha value is -1.45. The molecule has 98 valence electrons. The molecule has 18 heavy (non-hydrogen) atoms. The van der Waals surface area contributed by atoms with Crippen molar-refractivity contribution in [2.75, 3.05) is 5.75 Å². The van der Waals surface area contributed by atoms with Crippen LogP contribution in [0.3, 0.4) is 0 Å². The summed E-state index contributed by atoms with van der Waals surface area (Å²) in [6.45, 7) is 3.22. The van der Waals surface area contributed by atoms with Crippen LogP contribution < -0.4 is 5.73 Å². The van der Waals surface area contributed by atoms with E-state index in [9.17, 15) is 12.8 Å². The van der Waals surface area contributed by atoms with Gasteiger partial charge in [-0.3, -0.25) is 0 Å². The molecular weight excluding hydrogens is 255 g/mol. The Kier molecular flexibility index (Phi) is 4.09. The molecule has 0 aromatic heterocycles. The van der Waals surface area contributed by atoms with Crippen LogP contribution in [0.2, 0.25) is 0 Å². The zero-order chi connectivity index (χ0) is 14.0. The number of nitriles is 1. The summed E-state index contributed by atoms with van der Waals surface area (Å²) in [5.74, 6) is -1.13. The first-order chi connectivity index (χ1) is 8.11. The average Bonchev–Trinajstić information content (AvgIpc) is 2.11. The first-order valence-electron chi connectivity index (χ1n) is 5.30. The Bertz CT molecular complexity index is 583. The highest BCUT2D eigenvalue weighted by Crippen LogP contribution is 2.14. The van der Waals surface area contributed by atoms with E-state index in [1.807, 2.05) is 0 Å². The molecule has 0 aliphatic rings. The molecule has 1 aromatic carbocycles. The van der Waals surface area contributed by atoms with Crippen LogP contribution in [0.25, 0.3) is 0 Å². The van der Waals surface area contributed by atoms with Crippen LogP contribution in [-0.4, -0.2) is 19.7 Å². The highest BCUT2D eigenvalue weighted by Gasteiger charge is 2.22. The van der Waals surface area contributed by atoms with E-state index in [2.05, 4.69) is 0 Å². The number of halogens is 1. The maximum Gasteiger partial charge on any atom is 0.156 e. The van der Waals surface area contributed by atoms with Gasteiger partial charge in [-0.25, -0.2) is 12.8 Å². The van der Waals surface area contributed by atoms with Gasteiger partial charge < -0.3 is 5.73 Å². The zero-order valence-electron chi connectivity index (χ0n) is 10.3. The maximum absolute atomic E-state index is 13.2. The van der Waals surface area contributed by atoms with Crippen LogP contribution in [0.15, 0.2) is 18.2 Å². The lowest BCUT2D eigenvalue weighted by atomic mass is 10.1. The molecule has 4 nitrogen and oxygen atoms in total. The SMILES string of the molecule is CC(C)(N)CS(=O)(=O)Cc1cc(F)cc(C#N)c1. The summed E-state index contributed by atoms with van der Waals surface area (Å²) in [5, 5.41) is 8.69. The normalized spacial score (nSPS) is 12.2. The minimum absolute atomic E-state index is 0.104. The molecule has 0 saturated carbocycles. The van der Waals surface area contributed by atoms with Gasteiger partial charge in [0.1, 0.15) is 5.82 Å². The Morgan fingerprint density at radius 3 is 2.50 bits per heavy atom. The minimum atomic E-state index is -3.44. The van der Waals surface area contributed by atoms with Gasteiger partial charge in [-0.05, 0) is 37.6 Å². The van der Waals surface area contributed by atoms with E-state index < -0.39 is 21.2 Å². The number of nitrogens with two attached hydrogens (primary N) is 1. The summed E-state index contributed by atoms with van der Waals surface area (Å²) >= 11 is 0. The second kappa shape index (κ2) is 5.04. The molecule has 1 aromatic rings. The molecule has 0 aliphatic carbocycles. The topological polar surface area (TPSA) is 84.0 Å². The number of nitrogens with zero attached hydrogens (tertiary/aromatic N) is 1. The Balaban J connectivity index is 2.98. The molecule has 0 radical (unpaired) electrons. The van der Waals surface area contributed by atoms with Gasteiger partial charge in [0, 0.05) is 5.54 Å². The molecule has 0 atom stereocenters. The van der Waals surface area contributed by atoms with Gasteiger partial charge >= 0.3 is 0 Å². The first-order valence-corrected chi connectivity index (χ1v) is 7.12. The summed E-state index contributed by atoms with van der Waals surface area (Å²) in [6.07, 6.45) is 0. The highest BCUT2D eigenvalue weighted by atomic mass is 32.2. The third-order valence-electron chi connectivity index (χ3n) is 2.07. The second-order valence-electron chi connectivity index (χ2n) is 4.98. The fourth-order valence-corrected chi connectivity index (χ4v) is 3.58. The van der Waals surface area contributed by atoms with Crippen molar-refractivity contribution in [2.24, 2.45) is 5.73 Å². The summed E-state index contributed by atoms with van der Waals surface area (Å²) in [7, 11) is -3.44. The van der Waals surface area contributed by atoms with Gasteiger partial charge in [0.15, 0.2) is 9.84 Å². The highest BCUT2D eigenvalue weighted by molar-refractivity contribution is 7.90. The number of hydrogen-bond donors (Lipinski definition) is 1. The third-order valence-corrected chi connectivity index (χ3v) is 4.02. The second-order valence-corrected chi connectivity index (χ2v) is 7.05. The van der Waals surface area contributed by atoms with E-state index in [1.165, 1.54) is 6.07 Å². The lowest BCUT2D eigenvalue weighted by Crippen LogP contribution is -2.40. The molecule has 0 saturated heterocycles. The standard InChI is InChI=1S/C12H15FN2O2S/c1-12(2,15)8-18(16,17)7-10-3-9(6-14)4-11(13)5-10/h3-5H,7-8,15H2,1-2H3. The van der Waals surface area contributed by atoms with Crippen LogP contribution in [0.5, 0.6) is 0 Å². The van der Waals surface area contributed by atoms with Gasteiger partial charge in [0.2, 0.25) is 0 Å². The van der Waals surface area contributed by atoms with E-state index in [-0.39, 0.29) is 22.6 Å². The van der Waals surface area contributed by atoms with Crippen molar-refractivity contribution in [1.29, 1.82) is 5.26 Å². The molecule has 0 aliphatic heterocycles. The number of hydrogen-bond acceptors (Lipinski definition) is 4. The molecular formula is C12H15FN2O2S. The van der Waals surface area contributed by atoms with Gasteiger partial charge in [-0.1, -0.05) is 0 Å². The van der Waals surface area contributed by atoms with E-state index in [1.54, 1.807) is 19.9 Å². The van der Waals surface area contributed by atoms with Crippen molar-refractivity contribution in [3.05, 3.63) is 35.1 Å². The van der Waals surface area contributed by atoms with E-state index >= 15 is 0 Å². The fourth-order valence-electron chi connectivity index (χ4n) is 1.67. The van der Waals surface area contributed by atoms with Gasteiger partial charge in [0.25, 0.3) is 0 Å². The maximum atomic E-state index is 13.2. The van der Waals surface area contributed by atoms with Crippen LogP contribution in [-0.2, 0) is 15.6 Å². The van der Waals surface area contributed by atoms with Gasteiger partial charge in [0.05, 0.1) is 23.1 Å². The fraction of sp³-hybridized carbons (Fsp3) is 0.417. The monoisotopic (exact) mass is 270 g/mol. The molecule has 0 spiro atoms. The Morgan fingerprint density at radius 2 is 2.00 bits per heavy atom. The first kappa shape index (κ1) is 14.6. The van der Waals surface area contributed by atoms with Crippen molar-refractivity contribution in [2.45, 2.75) is 25.1 Å². The quantitative estimate of drug-likeness (QED) is 0.895. The smallest absolute Gasteiger partial charge is 0.156 e. The van der Waals surface area contributed by atoms with Gasteiger partial charge in [-0.2, -0.15) is 5.26 Å². The van der Waals surface area contributed by atoms with Crippen molar-refractivity contribution < 1.29 is 12.8 Å². The van der Waals surface area contributed by atoms with Crippen LogP contribution in [0, 0.1) is 17.1 Å². The molecule has 0 heterocycles. The van der Waals surface area contributed by atoms with E-state index in [0.29, 0.717) is 0 Å². The third kappa shape index (κ3) is 4.82. The molecule has 1 rings (SSSR count). The zero-order valence-corrected chi connectivity index (χ0v) is 11.1. The predicted molar refractivity (Wildman–Crippen MR) is 66.9 cm³/mol. The largest absolute Gasteiger partial charge is 0.325 e. The summed E-state index contributed by atoms with van der Waals surface area (Å²) in [4.78, 5) is 0. The molecule has 2 N–H and O–H groups in total. The summed E-state index contributed by atoms with van der Waals surface area (Å²) in [5.41, 5.74) is 5.18. The lowest BCUT2D eigenvalue weighted by Gasteiger charge is -2.18. The average molecular weight is 270 g/mol. The molecule has 6 heteroatoms. The lowest BCUT2D eigenvalue weighted by molar-refractivity contribution is 0.544. The Morgan fingerprint density at radius 1 is 1.39 bits per heavy atom.